The van der Waals surface area contributed by atoms with E-state index < -0.39 is 51.8 Å². The molecule has 11 nitrogen and oxygen atoms in total. The number of rotatable bonds is 5. The molecule has 0 bridgehead atoms. The summed E-state index contributed by atoms with van der Waals surface area (Å²) in [6.07, 6.45) is 1.57. The number of fused-ring (bicyclic) bond motifs is 1. The first-order chi connectivity index (χ1) is 18.0. The Hall–Kier alpha value is -4.16. The van der Waals surface area contributed by atoms with E-state index in [0.717, 1.165) is 38.3 Å². The van der Waals surface area contributed by atoms with Gasteiger partial charge in [0.25, 0.3) is 5.91 Å². The number of benzene rings is 2. The van der Waals surface area contributed by atoms with E-state index >= 15 is 0 Å². The second kappa shape index (κ2) is 9.30. The highest BCUT2D eigenvalue weighted by atomic mass is 32.2. The molecule has 2 aliphatic heterocycles. The molecule has 3 aromatic rings. The standard InChI is InChI=1S/C26H25N5O6S/c1-15-11-18(19-5-3-4-6-20(19)27-15)12-16-7-9-17(10-8-16)22(32)28-21-13-31(38(2,36)37)14-26(21)23(33)29-25(35)30-24(26)34/h3-11,21H,12-14H2,1-2H3,(H,28,32)(H2,29,30,33,34,35). The largest absolute Gasteiger partial charge is 0.346 e. The fourth-order valence-electron chi connectivity index (χ4n) is 5.03. The molecule has 2 aromatic carbocycles. The summed E-state index contributed by atoms with van der Waals surface area (Å²) in [4.78, 5) is 54.9. The van der Waals surface area contributed by atoms with Crippen molar-refractivity contribution >= 4 is 44.7 Å². The number of hydrogen-bond donors (Lipinski definition) is 3. The highest BCUT2D eigenvalue weighted by molar-refractivity contribution is 7.88. The molecule has 1 aromatic heterocycles. The zero-order valence-corrected chi connectivity index (χ0v) is 21.5. The van der Waals surface area contributed by atoms with Gasteiger partial charge in [0.1, 0.15) is 0 Å². The second-order valence-electron chi connectivity index (χ2n) is 9.60. The number of nitrogens with one attached hydrogen (secondary N) is 3. The van der Waals surface area contributed by atoms with E-state index in [-0.39, 0.29) is 12.1 Å². The van der Waals surface area contributed by atoms with Gasteiger partial charge in [-0.2, -0.15) is 4.31 Å². The average molecular weight is 536 g/mol. The fourth-order valence-corrected chi connectivity index (χ4v) is 5.89. The van der Waals surface area contributed by atoms with Crippen molar-refractivity contribution < 1.29 is 27.6 Å². The minimum atomic E-state index is -3.79. The molecule has 196 valence electrons. The first-order valence-electron chi connectivity index (χ1n) is 11.8. The summed E-state index contributed by atoms with van der Waals surface area (Å²) >= 11 is 0. The average Bonchev–Trinajstić information content (AvgIpc) is 3.24. The number of pyridine rings is 1. The van der Waals surface area contributed by atoms with Crippen LogP contribution in [0.25, 0.3) is 10.9 Å². The third-order valence-corrected chi connectivity index (χ3v) is 8.20. The molecule has 0 aliphatic carbocycles. The number of hydrogen-bond acceptors (Lipinski definition) is 7. The van der Waals surface area contributed by atoms with Crippen LogP contribution in [-0.2, 0) is 26.0 Å². The molecule has 0 radical (unpaired) electrons. The molecule has 1 atom stereocenters. The lowest BCUT2D eigenvalue weighted by Gasteiger charge is -2.34. The zero-order valence-electron chi connectivity index (χ0n) is 20.6. The smallest absolute Gasteiger partial charge is 0.328 e. The third-order valence-electron chi connectivity index (χ3n) is 6.99. The van der Waals surface area contributed by atoms with Crippen molar-refractivity contribution in [3.05, 3.63) is 77.0 Å². The van der Waals surface area contributed by atoms with Crippen LogP contribution in [0.4, 0.5) is 4.79 Å². The Morgan fingerprint density at radius 2 is 1.74 bits per heavy atom. The van der Waals surface area contributed by atoms with Crippen LogP contribution in [0.2, 0.25) is 0 Å². The van der Waals surface area contributed by atoms with Crippen LogP contribution in [-0.4, -0.2) is 66.8 Å². The molecule has 12 heteroatoms. The summed E-state index contributed by atoms with van der Waals surface area (Å²) in [7, 11) is -3.79. The third kappa shape index (κ3) is 4.52. The van der Waals surface area contributed by atoms with Crippen molar-refractivity contribution in [3.63, 3.8) is 0 Å². The summed E-state index contributed by atoms with van der Waals surface area (Å²) in [5.41, 5.74) is 2.16. The number of amides is 5. The number of carbonyl (C=O) groups is 4. The van der Waals surface area contributed by atoms with Crippen LogP contribution in [0.5, 0.6) is 0 Å². The van der Waals surface area contributed by atoms with Crippen LogP contribution >= 0.6 is 0 Å². The number of barbiturate groups is 1. The van der Waals surface area contributed by atoms with Crippen molar-refractivity contribution in [1.29, 1.82) is 0 Å². The Kier molecular flexibility index (Phi) is 6.24. The molecule has 3 heterocycles. The maximum atomic E-state index is 13.1. The zero-order chi connectivity index (χ0) is 27.2. The quantitative estimate of drug-likeness (QED) is 0.409. The van der Waals surface area contributed by atoms with Gasteiger partial charge in [-0.15, -0.1) is 0 Å². The van der Waals surface area contributed by atoms with Crippen LogP contribution in [0, 0.1) is 12.3 Å². The highest BCUT2D eigenvalue weighted by Crippen LogP contribution is 2.35. The van der Waals surface area contributed by atoms with Crippen molar-refractivity contribution in [2.75, 3.05) is 19.3 Å². The first kappa shape index (κ1) is 25.5. The number of sulfonamides is 1. The van der Waals surface area contributed by atoms with Gasteiger partial charge < -0.3 is 5.32 Å². The number of aromatic nitrogens is 1. The lowest BCUT2D eigenvalue weighted by atomic mass is 9.79. The van der Waals surface area contributed by atoms with Crippen molar-refractivity contribution in [2.24, 2.45) is 5.41 Å². The summed E-state index contributed by atoms with van der Waals surface area (Å²) in [6.45, 7) is 1.14. The molecule has 5 rings (SSSR count). The number of nitrogens with zero attached hydrogens (tertiary/aromatic N) is 2. The van der Waals surface area contributed by atoms with Gasteiger partial charge in [0.15, 0.2) is 5.41 Å². The molecule has 38 heavy (non-hydrogen) atoms. The minimum absolute atomic E-state index is 0.269. The Morgan fingerprint density at radius 3 is 2.39 bits per heavy atom. The number of imide groups is 2. The molecule has 2 aliphatic rings. The summed E-state index contributed by atoms with van der Waals surface area (Å²) in [5.74, 6) is -2.50. The van der Waals surface area contributed by atoms with E-state index in [1.807, 2.05) is 60.0 Å². The molecular formula is C26H25N5O6S. The van der Waals surface area contributed by atoms with Gasteiger partial charge in [-0.1, -0.05) is 30.3 Å². The van der Waals surface area contributed by atoms with Crippen LogP contribution < -0.4 is 16.0 Å². The van der Waals surface area contributed by atoms with Crippen LogP contribution in [0.3, 0.4) is 0 Å². The van der Waals surface area contributed by atoms with Crippen LogP contribution in [0.15, 0.2) is 54.6 Å². The lowest BCUT2D eigenvalue weighted by molar-refractivity contribution is -0.144. The van der Waals surface area contributed by atoms with Gasteiger partial charge in [0, 0.05) is 29.7 Å². The Balaban J connectivity index is 1.37. The normalized spacial score (nSPS) is 19.4. The Morgan fingerprint density at radius 1 is 1.08 bits per heavy atom. The summed E-state index contributed by atoms with van der Waals surface area (Å²) < 4.78 is 25.4. The molecule has 0 saturated carbocycles. The Bertz CT molecular complexity index is 1580. The maximum Gasteiger partial charge on any atom is 0.328 e. The molecule has 3 N–H and O–H groups in total. The maximum absolute atomic E-state index is 13.1. The predicted molar refractivity (Wildman–Crippen MR) is 138 cm³/mol. The highest BCUT2D eigenvalue weighted by Gasteiger charge is 2.62. The molecule has 1 spiro atoms. The summed E-state index contributed by atoms with van der Waals surface area (Å²) in [5, 5.41) is 7.73. The van der Waals surface area contributed by atoms with Crippen LogP contribution in [0.1, 0.15) is 27.2 Å². The molecule has 5 amide bonds. The fraction of sp³-hybridized carbons (Fsp3) is 0.269. The van der Waals surface area contributed by atoms with E-state index in [9.17, 15) is 27.6 Å². The second-order valence-corrected chi connectivity index (χ2v) is 11.6. The van der Waals surface area contributed by atoms with Crippen molar-refractivity contribution in [1.82, 2.24) is 25.2 Å². The Labute approximate surface area is 218 Å². The van der Waals surface area contributed by atoms with Gasteiger partial charge in [-0.25, -0.2) is 13.2 Å². The van der Waals surface area contributed by atoms with Gasteiger partial charge in [-0.05, 0) is 48.7 Å². The van der Waals surface area contributed by atoms with Gasteiger partial charge in [0.05, 0.1) is 17.8 Å². The summed E-state index contributed by atoms with van der Waals surface area (Å²) in [6, 6.07) is 14.6. The topological polar surface area (TPSA) is 155 Å². The van der Waals surface area contributed by atoms with Gasteiger partial charge in [0.2, 0.25) is 21.8 Å². The van der Waals surface area contributed by atoms with Gasteiger partial charge >= 0.3 is 6.03 Å². The predicted octanol–water partition coefficient (Wildman–Crippen LogP) is 0.860. The molecule has 2 saturated heterocycles. The number of urea groups is 1. The van der Waals surface area contributed by atoms with Gasteiger partial charge in [-0.3, -0.25) is 30.0 Å². The minimum Gasteiger partial charge on any atom is -0.346 e. The monoisotopic (exact) mass is 535 g/mol. The molecule has 1 unspecified atom stereocenters. The van der Waals surface area contributed by atoms with E-state index in [2.05, 4.69) is 10.3 Å². The number of aryl methyl sites for hydroxylation is 1. The number of carbonyl (C=O) groups excluding carboxylic acids is 4. The van der Waals surface area contributed by atoms with Crippen molar-refractivity contribution in [2.45, 2.75) is 19.4 Å². The van der Waals surface area contributed by atoms with Crippen molar-refractivity contribution in [3.8, 4) is 0 Å². The van der Waals surface area contributed by atoms with E-state index in [1.165, 1.54) is 0 Å². The lowest BCUT2D eigenvalue weighted by Crippen LogP contribution is -2.69. The van der Waals surface area contributed by atoms with E-state index in [4.69, 9.17) is 0 Å². The van der Waals surface area contributed by atoms with E-state index in [1.54, 1.807) is 12.1 Å². The SMILES string of the molecule is Cc1cc(Cc2ccc(C(=O)NC3CN(S(C)(=O)=O)CC34C(=O)NC(=O)NC4=O)cc2)c2ccccc2n1. The van der Waals surface area contributed by atoms with E-state index in [0.29, 0.717) is 6.42 Å². The number of para-hydroxylation sites is 1. The molecular weight excluding hydrogens is 510 g/mol. The molecule has 2 fully saturated rings. The first-order valence-corrected chi connectivity index (χ1v) is 13.7.